The van der Waals surface area contributed by atoms with E-state index in [2.05, 4.69) is 26.8 Å². The van der Waals surface area contributed by atoms with E-state index in [4.69, 9.17) is 17.7 Å². The van der Waals surface area contributed by atoms with Crippen molar-refractivity contribution in [2.24, 2.45) is 0 Å². The van der Waals surface area contributed by atoms with Crippen molar-refractivity contribution in [2.75, 3.05) is 13.2 Å². The van der Waals surface area contributed by atoms with E-state index in [1.807, 2.05) is 13.8 Å². The lowest BCUT2D eigenvalue weighted by molar-refractivity contribution is -0.0305. The first-order valence-electron chi connectivity index (χ1n) is 13.9. The SMILES string of the molecule is CCCCCCCCC=CO[Si](OCCCCCCC)(OCCCCCCC)OC(C)C. The molecular formula is C27H56O4Si. The Hall–Kier alpha value is -0.363. The third-order valence-electron chi connectivity index (χ3n) is 5.47. The maximum atomic E-state index is 6.24. The lowest BCUT2D eigenvalue weighted by Crippen LogP contribution is -2.50. The molecule has 0 aliphatic carbocycles. The van der Waals surface area contributed by atoms with Gasteiger partial charge in [0.2, 0.25) is 0 Å². The molecule has 0 atom stereocenters. The van der Waals surface area contributed by atoms with Crippen LogP contribution >= 0.6 is 0 Å². The van der Waals surface area contributed by atoms with Crippen molar-refractivity contribution in [1.29, 1.82) is 0 Å². The molecule has 0 aromatic heterocycles. The Morgan fingerprint density at radius 3 is 1.50 bits per heavy atom. The average Bonchev–Trinajstić information content (AvgIpc) is 2.77. The van der Waals surface area contributed by atoms with Crippen molar-refractivity contribution in [3.05, 3.63) is 12.3 Å². The molecule has 0 rings (SSSR count). The van der Waals surface area contributed by atoms with Crippen molar-refractivity contribution in [3.8, 4) is 0 Å². The smallest absolute Gasteiger partial charge is 0.487 e. The molecule has 0 N–H and O–H groups in total. The number of hydrogen-bond acceptors (Lipinski definition) is 4. The highest BCUT2D eigenvalue weighted by molar-refractivity contribution is 6.53. The van der Waals surface area contributed by atoms with Gasteiger partial charge >= 0.3 is 9.05 Å². The average molecular weight is 473 g/mol. The maximum absolute atomic E-state index is 6.24. The van der Waals surface area contributed by atoms with Gasteiger partial charge in [-0.15, -0.1) is 0 Å². The second-order valence-corrected chi connectivity index (χ2v) is 11.3. The summed E-state index contributed by atoms with van der Waals surface area (Å²) in [7, 11) is -3.17. The van der Waals surface area contributed by atoms with Gasteiger partial charge < -0.3 is 17.7 Å². The minimum absolute atomic E-state index is 0.00816. The van der Waals surface area contributed by atoms with E-state index in [0.29, 0.717) is 13.2 Å². The molecule has 0 amide bonds. The first kappa shape index (κ1) is 31.6. The van der Waals surface area contributed by atoms with Crippen LogP contribution < -0.4 is 0 Å². The van der Waals surface area contributed by atoms with Gasteiger partial charge in [-0.1, -0.05) is 110 Å². The van der Waals surface area contributed by atoms with Crippen LogP contribution in [0.3, 0.4) is 0 Å². The highest BCUT2D eigenvalue weighted by Crippen LogP contribution is 2.18. The van der Waals surface area contributed by atoms with Gasteiger partial charge in [-0.05, 0) is 39.5 Å². The third-order valence-corrected chi connectivity index (χ3v) is 7.77. The van der Waals surface area contributed by atoms with Gasteiger partial charge in [-0.2, -0.15) is 0 Å². The van der Waals surface area contributed by atoms with Gasteiger partial charge in [0.1, 0.15) is 0 Å². The summed E-state index contributed by atoms with van der Waals surface area (Å²) in [5.41, 5.74) is 0. The Labute approximate surface area is 202 Å². The van der Waals surface area contributed by atoms with Crippen molar-refractivity contribution in [1.82, 2.24) is 0 Å². The van der Waals surface area contributed by atoms with E-state index in [0.717, 1.165) is 19.3 Å². The Morgan fingerprint density at radius 1 is 0.594 bits per heavy atom. The molecule has 0 saturated heterocycles. The fourth-order valence-corrected chi connectivity index (χ4v) is 5.58. The lowest BCUT2D eigenvalue weighted by Gasteiger charge is -2.28. The molecule has 4 nitrogen and oxygen atoms in total. The zero-order valence-corrected chi connectivity index (χ0v) is 23.3. The summed E-state index contributed by atoms with van der Waals surface area (Å²) in [4.78, 5) is 0. The molecule has 0 unspecified atom stereocenters. The standard InChI is InChI=1S/C27H56O4Si/c1-6-9-12-15-16-17-20-23-26-30-32(31-27(4)5,28-24-21-18-13-10-7-2)29-25-22-19-14-11-8-3/h23,26-27H,6-22,24-25H2,1-5H3. The molecule has 192 valence electrons. The maximum Gasteiger partial charge on any atom is 0.749 e. The Kier molecular flexibility index (Phi) is 23.5. The molecule has 32 heavy (non-hydrogen) atoms. The van der Waals surface area contributed by atoms with Crippen LogP contribution in [0.15, 0.2) is 12.3 Å². The summed E-state index contributed by atoms with van der Waals surface area (Å²) in [6, 6.07) is 0. The van der Waals surface area contributed by atoms with E-state index < -0.39 is 9.05 Å². The normalized spacial score (nSPS) is 12.3. The van der Waals surface area contributed by atoms with Crippen LogP contribution in [0.2, 0.25) is 0 Å². The number of allylic oxidation sites excluding steroid dienone is 1. The lowest BCUT2D eigenvalue weighted by atomic mass is 10.1. The van der Waals surface area contributed by atoms with Crippen molar-refractivity contribution >= 4 is 9.05 Å². The van der Waals surface area contributed by atoms with Crippen LogP contribution in [-0.2, 0) is 17.7 Å². The topological polar surface area (TPSA) is 36.9 Å². The molecule has 5 heteroatoms. The summed E-state index contributed by atoms with van der Waals surface area (Å²) in [6.45, 7) is 12.1. The number of rotatable bonds is 25. The molecule has 0 aliphatic heterocycles. The van der Waals surface area contributed by atoms with Crippen LogP contribution in [-0.4, -0.2) is 28.4 Å². The fraction of sp³-hybridized carbons (Fsp3) is 0.926. The molecule has 0 radical (unpaired) electrons. The van der Waals surface area contributed by atoms with Gasteiger partial charge in [0.25, 0.3) is 0 Å². The van der Waals surface area contributed by atoms with Crippen molar-refractivity contribution in [2.45, 2.75) is 150 Å². The summed E-state index contributed by atoms with van der Waals surface area (Å²) in [5.74, 6) is 0. The van der Waals surface area contributed by atoms with Gasteiger partial charge in [-0.25, -0.2) is 0 Å². The van der Waals surface area contributed by atoms with E-state index >= 15 is 0 Å². The summed E-state index contributed by atoms with van der Waals surface area (Å²) in [5, 5.41) is 0. The molecule has 0 bridgehead atoms. The zero-order valence-electron chi connectivity index (χ0n) is 22.3. The monoisotopic (exact) mass is 472 g/mol. The predicted octanol–water partition coefficient (Wildman–Crippen LogP) is 9.10. The first-order chi connectivity index (χ1) is 15.6. The molecule has 0 aromatic rings. The molecule has 0 saturated carbocycles. The largest absolute Gasteiger partial charge is 0.749 e. The van der Waals surface area contributed by atoms with Gasteiger partial charge in [0, 0.05) is 19.3 Å². The summed E-state index contributed by atoms with van der Waals surface area (Å²) in [6.07, 6.45) is 24.8. The second kappa shape index (κ2) is 23.8. The molecule has 0 spiro atoms. The van der Waals surface area contributed by atoms with Crippen molar-refractivity contribution < 1.29 is 17.7 Å². The van der Waals surface area contributed by atoms with Gasteiger partial charge in [0.15, 0.2) is 0 Å². The number of unbranched alkanes of at least 4 members (excludes halogenated alkanes) is 14. The van der Waals surface area contributed by atoms with E-state index in [9.17, 15) is 0 Å². The zero-order chi connectivity index (χ0) is 23.8. The number of hydrogen-bond donors (Lipinski definition) is 0. The van der Waals surface area contributed by atoms with E-state index in [-0.39, 0.29) is 6.10 Å². The van der Waals surface area contributed by atoms with Crippen LogP contribution in [0.1, 0.15) is 144 Å². The summed E-state index contributed by atoms with van der Waals surface area (Å²) >= 11 is 0. The third kappa shape index (κ3) is 20.3. The quantitative estimate of drug-likeness (QED) is 0.0754. The Bertz CT molecular complexity index is 385. The highest BCUT2D eigenvalue weighted by Gasteiger charge is 2.48. The van der Waals surface area contributed by atoms with E-state index in [1.165, 1.54) is 89.9 Å². The Morgan fingerprint density at radius 2 is 1.03 bits per heavy atom. The van der Waals surface area contributed by atoms with Gasteiger partial charge in [0.05, 0.1) is 6.26 Å². The first-order valence-corrected chi connectivity index (χ1v) is 15.5. The minimum atomic E-state index is -3.17. The molecule has 0 fully saturated rings. The molecule has 0 aliphatic rings. The minimum Gasteiger partial charge on any atom is -0.487 e. The van der Waals surface area contributed by atoms with Crippen LogP contribution in [0.25, 0.3) is 0 Å². The second-order valence-electron chi connectivity index (χ2n) is 9.24. The predicted molar refractivity (Wildman–Crippen MR) is 140 cm³/mol. The van der Waals surface area contributed by atoms with E-state index in [1.54, 1.807) is 6.26 Å². The van der Waals surface area contributed by atoms with Crippen LogP contribution in [0.5, 0.6) is 0 Å². The summed E-state index contributed by atoms with van der Waals surface area (Å²) < 4.78 is 24.8. The van der Waals surface area contributed by atoms with Crippen LogP contribution in [0, 0.1) is 0 Å². The molecule has 0 heterocycles. The highest BCUT2D eigenvalue weighted by atomic mass is 28.4. The molecule has 0 aromatic carbocycles. The van der Waals surface area contributed by atoms with Crippen LogP contribution in [0.4, 0.5) is 0 Å². The molecular weight excluding hydrogens is 416 g/mol. The van der Waals surface area contributed by atoms with Crippen molar-refractivity contribution in [3.63, 3.8) is 0 Å². The fourth-order valence-electron chi connectivity index (χ4n) is 3.54. The Balaban J connectivity index is 4.64. The van der Waals surface area contributed by atoms with Gasteiger partial charge in [-0.3, -0.25) is 0 Å².